The van der Waals surface area contributed by atoms with Crippen LogP contribution < -0.4 is 9.80 Å². The van der Waals surface area contributed by atoms with Crippen LogP contribution in [0.5, 0.6) is 0 Å². The minimum absolute atomic E-state index is 0.228. The molecule has 0 radical (unpaired) electrons. The van der Waals surface area contributed by atoms with Crippen molar-refractivity contribution in [3.63, 3.8) is 0 Å². The van der Waals surface area contributed by atoms with Crippen molar-refractivity contribution < 1.29 is 0 Å². The monoisotopic (exact) mass is 678 g/mol. The second-order valence-electron chi connectivity index (χ2n) is 14.6. The molecular formula is C51H38N2. The average Bonchev–Trinajstić information content (AvgIpc) is 3.22. The topological polar surface area (TPSA) is 6.48 Å². The second-order valence-corrected chi connectivity index (χ2v) is 14.6. The van der Waals surface area contributed by atoms with Gasteiger partial charge < -0.3 is 9.80 Å². The van der Waals surface area contributed by atoms with Gasteiger partial charge in [0, 0.05) is 28.2 Å². The maximum Gasteiger partial charge on any atom is 0.0504 e. The summed E-state index contributed by atoms with van der Waals surface area (Å²) in [5.41, 5.74) is 11.8. The number of para-hydroxylation sites is 3. The summed E-state index contributed by atoms with van der Waals surface area (Å²) < 4.78 is 0. The lowest BCUT2D eigenvalue weighted by Crippen LogP contribution is -2.31. The minimum atomic E-state index is -0.228. The van der Waals surface area contributed by atoms with E-state index in [1.807, 2.05) is 0 Å². The molecule has 0 aliphatic carbocycles. The van der Waals surface area contributed by atoms with E-state index in [9.17, 15) is 0 Å². The maximum atomic E-state index is 2.48. The number of rotatable bonds is 5. The van der Waals surface area contributed by atoms with Gasteiger partial charge in [0.25, 0.3) is 0 Å². The summed E-state index contributed by atoms with van der Waals surface area (Å²) in [4.78, 5) is 4.84. The molecule has 53 heavy (non-hydrogen) atoms. The van der Waals surface area contributed by atoms with Crippen LogP contribution in [-0.4, -0.2) is 0 Å². The number of anilines is 6. The Balaban J connectivity index is 1.18. The first-order chi connectivity index (χ1) is 26.1. The molecule has 0 fully saturated rings. The fourth-order valence-electron chi connectivity index (χ4n) is 8.60. The third kappa shape index (κ3) is 5.02. The van der Waals surface area contributed by atoms with E-state index in [0.29, 0.717) is 0 Å². The van der Waals surface area contributed by atoms with Gasteiger partial charge in [-0.3, -0.25) is 0 Å². The molecule has 1 heterocycles. The van der Waals surface area contributed by atoms with Crippen LogP contribution in [0.3, 0.4) is 0 Å². The van der Waals surface area contributed by atoms with E-state index in [4.69, 9.17) is 0 Å². The summed E-state index contributed by atoms with van der Waals surface area (Å²) in [6.45, 7) is 4.73. The van der Waals surface area contributed by atoms with Crippen molar-refractivity contribution in [1.82, 2.24) is 0 Å². The third-order valence-electron chi connectivity index (χ3n) is 11.2. The Morgan fingerprint density at radius 3 is 1.57 bits per heavy atom. The molecule has 252 valence electrons. The predicted octanol–water partition coefficient (Wildman–Crippen LogP) is 14.4. The van der Waals surface area contributed by atoms with Crippen LogP contribution >= 0.6 is 0 Å². The van der Waals surface area contributed by atoms with Crippen molar-refractivity contribution in [1.29, 1.82) is 0 Å². The highest BCUT2D eigenvalue weighted by Gasteiger charge is 2.37. The van der Waals surface area contributed by atoms with Gasteiger partial charge in [0.1, 0.15) is 0 Å². The molecule has 0 spiro atoms. The summed E-state index contributed by atoms with van der Waals surface area (Å²) in [6.07, 6.45) is 0. The Morgan fingerprint density at radius 1 is 0.358 bits per heavy atom. The molecule has 2 heteroatoms. The fraction of sp³-hybridized carbons (Fsp3) is 0.0588. The lowest BCUT2D eigenvalue weighted by Gasteiger charge is -2.42. The Labute approximate surface area is 310 Å². The SMILES string of the molecule is CC1(C)c2ccccc2N(c2ccc3c4ccc(-c5ccccc5)cc4c4ccccc4c3c2)c2ccc(N(c3ccccc3)c3ccccc3)cc21. The number of hydrogen-bond acceptors (Lipinski definition) is 2. The molecule has 0 amide bonds. The van der Waals surface area contributed by atoms with Crippen molar-refractivity contribution in [2.24, 2.45) is 0 Å². The van der Waals surface area contributed by atoms with E-state index in [-0.39, 0.29) is 5.41 Å². The summed E-state index contributed by atoms with van der Waals surface area (Å²) in [5.74, 6) is 0. The maximum absolute atomic E-state index is 2.48. The highest BCUT2D eigenvalue weighted by Crippen LogP contribution is 2.54. The Bertz CT molecular complexity index is 2740. The molecule has 10 rings (SSSR count). The van der Waals surface area contributed by atoms with Crippen molar-refractivity contribution in [2.75, 3.05) is 9.80 Å². The third-order valence-corrected chi connectivity index (χ3v) is 11.2. The summed E-state index contributed by atoms with van der Waals surface area (Å²) in [6, 6.07) is 70.9. The largest absolute Gasteiger partial charge is 0.310 e. The summed E-state index contributed by atoms with van der Waals surface area (Å²) in [7, 11) is 0. The molecule has 0 saturated heterocycles. The molecule has 0 atom stereocenters. The molecule has 0 N–H and O–H groups in total. The number of fused-ring (bicyclic) bond motifs is 8. The second kappa shape index (κ2) is 12.3. The van der Waals surface area contributed by atoms with Crippen LogP contribution in [0.2, 0.25) is 0 Å². The Hall–Kier alpha value is -6.64. The van der Waals surface area contributed by atoms with Gasteiger partial charge >= 0.3 is 0 Å². The van der Waals surface area contributed by atoms with Gasteiger partial charge in [0.2, 0.25) is 0 Å². The molecule has 0 saturated carbocycles. The van der Waals surface area contributed by atoms with Gasteiger partial charge in [-0.15, -0.1) is 0 Å². The highest BCUT2D eigenvalue weighted by atomic mass is 15.2. The van der Waals surface area contributed by atoms with Crippen LogP contribution in [0.25, 0.3) is 43.4 Å². The average molecular weight is 679 g/mol. The molecule has 1 aliphatic rings. The Morgan fingerprint density at radius 2 is 0.887 bits per heavy atom. The van der Waals surface area contributed by atoms with E-state index < -0.39 is 0 Å². The van der Waals surface area contributed by atoms with Crippen molar-refractivity contribution in [3.05, 3.63) is 205 Å². The van der Waals surface area contributed by atoms with E-state index in [1.165, 1.54) is 65.9 Å². The van der Waals surface area contributed by atoms with Crippen LogP contribution in [-0.2, 0) is 5.41 Å². The first kappa shape index (κ1) is 31.1. The minimum Gasteiger partial charge on any atom is -0.310 e. The fourth-order valence-corrected chi connectivity index (χ4v) is 8.60. The van der Waals surface area contributed by atoms with Crippen molar-refractivity contribution in [2.45, 2.75) is 19.3 Å². The predicted molar refractivity (Wildman–Crippen MR) is 226 cm³/mol. The zero-order valence-electron chi connectivity index (χ0n) is 29.9. The zero-order chi connectivity index (χ0) is 35.5. The van der Waals surface area contributed by atoms with Crippen molar-refractivity contribution >= 4 is 66.4 Å². The van der Waals surface area contributed by atoms with Gasteiger partial charge in [-0.25, -0.2) is 0 Å². The van der Waals surface area contributed by atoms with Crippen LogP contribution in [0.4, 0.5) is 34.1 Å². The lowest BCUT2D eigenvalue weighted by atomic mass is 9.73. The first-order valence-electron chi connectivity index (χ1n) is 18.4. The molecular weight excluding hydrogens is 641 g/mol. The number of nitrogens with zero attached hydrogens (tertiary/aromatic N) is 2. The molecule has 0 aromatic heterocycles. The van der Waals surface area contributed by atoms with E-state index in [1.54, 1.807) is 0 Å². The van der Waals surface area contributed by atoms with Gasteiger partial charge in [0.05, 0.1) is 11.4 Å². The van der Waals surface area contributed by atoms with Gasteiger partial charge in [-0.1, -0.05) is 141 Å². The molecule has 0 bridgehead atoms. The van der Waals surface area contributed by atoms with E-state index in [0.717, 1.165) is 22.7 Å². The van der Waals surface area contributed by atoms with Crippen LogP contribution in [0.15, 0.2) is 194 Å². The number of hydrogen-bond donors (Lipinski definition) is 0. The molecule has 9 aromatic rings. The van der Waals surface area contributed by atoms with Gasteiger partial charge in [-0.05, 0) is 121 Å². The molecule has 9 aromatic carbocycles. The standard InChI is InChI=1S/C51H38N2/c1-51(2)47-24-14-15-25-49(47)53(50-31-28-40(34-48(50)51)52(37-18-8-4-9-19-37)38-20-10-5-11-21-38)39-27-30-44-43-29-26-36(35-16-6-3-7-17-35)32-45(43)41-22-12-13-23-42(41)46(44)33-39/h3-34H,1-2H3. The quantitative estimate of drug-likeness (QED) is 0.167. The smallest absolute Gasteiger partial charge is 0.0504 e. The van der Waals surface area contributed by atoms with Crippen LogP contribution in [0.1, 0.15) is 25.0 Å². The normalized spacial score (nSPS) is 13.2. The molecule has 1 aliphatic heterocycles. The Kier molecular flexibility index (Phi) is 7.19. The van der Waals surface area contributed by atoms with Crippen LogP contribution in [0, 0.1) is 0 Å². The lowest BCUT2D eigenvalue weighted by molar-refractivity contribution is 0.632. The number of benzene rings is 9. The molecule has 0 unspecified atom stereocenters. The van der Waals surface area contributed by atoms with Gasteiger partial charge in [0.15, 0.2) is 0 Å². The van der Waals surface area contributed by atoms with E-state index in [2.05, 4.69) is 218 Å². The highest BCUT2D eigenvalue weighted by molar-refractivity contribution is 6.26. The summed E-state index contributed by atoms with van der Waals surface area (Å²) in [5, 5.41) is 7.63. The van der Waals surface area contributed by atoms with Gasteiger partial charge in [-0.2, -0.15) is 0 Å². The van der Waals surface area contributed by atoms with E-state index >= 15 is 0 Å². The first-order valence-corrected chi connectivity index (χ1v) is 18.4. The zero-order valence-corrected chi connectivity index (χ0v) is 29.9. The van der Waals surface area contributed by atoms with Crippen molar-refractivity contribution in [3.8, 4) is 11.1 Å². The summed E-state index contributed by atoms with van der Waals surface area (Å²) >= 11 is 0. The molecule has 2 nitrogen and oxygen atoms in total.